The Morgan fingerprint density at radius 2 is 2.02 bits per heavy atom. The number of imidazole rings is 1. The lowest BCUT2D eigenvalue weighted by Gasteiger charge is -2.35. The highest BCUT2D eigenvalue weighted by Crippen LogP contribution is 2.40. The van der Waals surface area contributed by atoms with E-state index in [1.54, 1.807) is 36.4 Å². The lowest BCUT2D eigenvalue weighted by molar-refractivity contribution is -0.0592. The van der Waals surface area contributed by atoms with Gasteiger partial charge in [-0.05, 0) is 49.2 Å². The predicted molar refractivity (Wildman–Crippen MR) is 151 cm³/mol. The molecule has 3 unspecified atom stereocenters. The fourth-order valence-corrected chi connectivity index (χ4v) is 5.92. The number of anilines is 1. The molecule has 3 atom stereocenters. The first-order valence-corrected chi connectivity index (χ1v) is 14.1. The molecule has 2 aromatic heterocycles. The predicted octanol–water partition coefficient (Wildman–Crippen LogP) is 3.97. The van der Waals surface area contributed by atoms with Crippen molar-refractivity contribution >= 4 is 22.8 Å². The van der Waals surface area contributed by atoms with Crippen LogP contribution in [-0.4, -0.2) is 68.4 Å². The molecular weight excluding hydrogens is 539 g/mol. The number of hydrogen-bond acceptors (Lipinski definition) is 8. The molecule has 10 nitrogen and oxygen atoms in total. The number of piperazine rings is 1. The van der Waals surface area contributed by atoms with Crippen LogP contribution in [0, 0.1) is 17.1 Å². The van der Waals surface area contributed by atoms with Gasteiger partial charge < -0.3 is 24.0 Å². The Bertz CT molecular complexity index is 1710. The van der Waals surface area contributed by atoms with Gasteiger partial charge in [0.2, 0.25) is 5.88 Å². The molecule has 11 heteroatoms. The van der Waals surface area contributed by atoms with Crippen LogP contribution in [0.5, 0.6) is 5.88 Å². The van der Waals surface area contributed by atoms with Gasteiger partial charge in [-0.1, -0.05) is 12.1 Å². The molecule has 1 N–H and O–H groups in total. The second-order valence-electron chi connectivity index (χ2n) is 11.0. The summed E-state index contributed by atoms with van der Waals surface area (Å²) in [6.07, 6.45) is 2.12. The number of rotatable bonds is 9. The smallest absolute Gasteiger partial charge is 0.335 e. The highest BCUT2D eigenvalue weighted by molar-refractivity contribution is 5.92. The van der Waals surface area contributed by atoms with Crippen LogP contribution in [0.2, 0.25) is 0 Å². The van der Waals surface area contributed by atoms with E-state index in [4.69, 9.17) is 24.7 Å². The minimum Gasteiger partial charge on any atom is -0.478 e. The molecular formula is C31H29FN6O4. The Labute approximate surface area is 241 Å². The maximum Gasteiger partial charge on any atom is 0.335 e. The van der Waals surface area contributed by atoms with Crippen LogP contribution in [0.3, 0.4) is 0 Å². The molecule has 42 heavy (non-hydrogen) atoms. The van der Waals surface area contributed by atoms with E-state index < -0.39 is 11.8 Å². The average Bonchev–Trinajstić information content (AvgIpc) is 3.71. The number of hydrogen-bond donors (Lipinski definition) is 1. The molecule has 2 saturated heterocycles. The molecule has 2 aromatic carbocycles. The van der Waals surface area contributed by atoms with Crippen molar-refractivity contribution in [2.75, 3.05) is 24.6 Å². The van der Waals surface area contributed by atoms with Crippen LogP contribution in [-0.2, 0) is 24.4 Å². The van der Waals surface area contributed by atoms with Gasteiger partial charge in [0.05, 0.1) is 47.4 Å². The number of pyridine rings is 1. The van der Waals surface area contributed by atoms with Crippen LogP contribution in [0.1, 0.15) is 40.2 Å². The van der Waals surface area contributed by atoms with E-state index >= 15 is 0 Å². The first kappa shape index (κ1) is 26.4. The van der Waals surface area contributed by atoms with Gasteiger partial charge in [0.1, 0.15) is 24.1 Å². The summed E-state index contributed by atoms with van der Waals surface area (Å²) in [5.74, 6) is 0.746. The minimum atomic E-state index is -0.951. The molecule has 1 aliphatic carbocycles. The third-order valence-electron chi connectivity index (χ3n) is 8.38. The largest absolute Gasteiger partial charge is 0.478 e. The van der Waals surface area contributed by atoms with Crippen molar-refractivity contribution in [2.45, 2.75) is 50.7 Å². The zero-order valence-corrected chi connectivity index (χ0v) is 22.8. The minimum absolute atomic E-state index is 0.0225. The molecule has 3 aliphatic rings. The molecule has 1 saturated carbocycles. The average molecular weight is 569 g/mol. The number of fused-ring (bicyclic) bond motifs is 2. The van der Waals surface area contributed by atoms with Crippen LogP contribution < -0.4 is 9.64 Å². The van der Waals surface area contributed by atoms with Gasteiger partial charge in [0.25, 0.3) is 0 Å². The molecule has 0 amide bonds. The number of nitriles is 1. The summed E-state index contributed by atoms with van der Waals surface area (Å²) in [5, 5.41) is 18.5. The van der Waals surface area contributed by atoms with Crippen molar-refractivity contribution in [3.63, 3.8) is 0 Å². The second-order valence-corrected chi connectivity index (χ2v) is 11.0. The molecule has 2 aliphatic heterocycles. The number of ether oxygens (including phenoxy) is 2. The van der Waals surface area contributed by atoms with E-state index in [9.17, 15) is 14.3 Å². The first-order valence-electron chi connectivity index (χ1n) is 14.1. The second kappa shape index (κ2) is 10.7. The summed E-state index contributed by atoms with van der Waals surface area (Å²) in [6, 6.07) is 17.7. The van der Waals surface area contributed by atoms with E-state index in [0.29, 0.717) is 36.6 Å². The Hall–Kier alpha value is -4.53. The van der Waals surface area contributed by atoms with Crippen molar-refractivity contribution in [3.8, 4) is 11.9 Å². The van der Waals surface area contributed by atoms with Crippen molar-refractivity contribution < 1.29 is 23.8 Å². The Morgan fingerprint density at radius 3 is 2.79 bits per heavy atom. The SMILES string of the molecule is N#Cc1ccc(COc2cccc(N3CCN(Cc4nc5ccc(C(=O)O)cc5n4CC4CCO4)C4CC43)n2)c(F)c1. The summed E-state index contributed by atoms with van der Waals surface area (Å²) in [7, 11) is 0. The monoisotopic (exact) mass is 568 g/mol. The van der Waals surface area contributed by atoms with E-state index in [0.717, 1.165) is 55.2 Å². The van der Waals surface area contributed by atoms with Crippen molar-refractivity contribution in [1.82, 2.24) is 19.4 Å². The van der Waals surface area contributed by atoms with Crippen molar-refractivity contribution in [3.05, 3.63) is 82.9 Å². The van der Waals surface area contributed by atoms with Gasteiger partial charge in [-0.2, -0.15) is 10.2 Å². The third-order valence-corrected chi connectivity index (χ3v) is 8.38. The lowest BCUT2D eigenvalue weighted by Crippen LogP contribution is -2.46. The first-order chi connectivity index (χ1) is 20.5. The zero-order chi connectivity index (χ0) is 28.8. The van der Waals surface area contributed by atoms with Crippen LogP contribution in [0.15, 0.2) is 54.6 Å². The maximum absolute atomic E-state index is 14.3. The lowest BCUT2D eigenvalue weighted by atomic mass is 10.1. The van der Waals surface area contributed by atoms with Crippen LogP contribution >= 0.6 is 0 Å². The van der Waals surface area contributed by atoms with Gasteiger partial charge in [0.15, 0.2) is 0 Å². The summed E-state index contributed by atoms with van der Waals surface area (Å²) in [4.78, 5) is 26.0. The number of aromatic nitrogens is 3. The molecule has 0 spiro atoms. The normalized spacial score (nSPS) is 21.4. The summed E-state index contributed by atoms with van der Waals surface area (Å²) in [5.41, 5.74) is 2.51. The summed E-state index contributed by atoms with van der Waals surface area (Å²) < 4.78 is 27.9. The van der Waals surface area contributed by atoms with E-state index in [-0.39, 0.29) is 23.8 Å². The van der Waals surface area contributed by atoms with E-state index in [1.165, 1.54) is 6.07 Å². The Balaban J connectivity index is 1.04. The van der Waals surface area contributed by atoms with Gasteiger partial charge in [-0.15, -0.1) is 0 Å². The Morgan fingerprint density at radius 1 is 1.14 bits per heavy atom. The van der Waals surface area contributed by atoms with Gasteiger partial charge in [-0.3, -0.25) is 4.90 Å². The maximum atomic E-state index is 14.3. The molecule has 4 heterocycles. The number of benzene rings is 2. The molecule has 214 valence electrons. The third kappa shape index (κ3) is 5.04. The number of carboxylic acids is 1. The number of carbonyl (C=O) groups is 1. The highest BCUT2D eigenvalue weighted by Gasteiger charge is 2.49. The molecule has 7 rings (SSSR count). The zero-order valence-electron chi connectivity index (χ0n) is 22.8. The number of halogens is 1. The standard InChI is InChI=1S/C31H29FN6O4/c32-23-12-19(15-33)4-5-21(23)18-42-30-3-1-2-28(35-30)37-10-9-36(26-14-27(26)37)17-29-34-24-7-6-20(31(39)40)13-25(24)38(29)16-22-8-11-41-22/h1-7,12-13,22,26-27H,8-11,14,16-18H2,(H,39,40). The van der Waals surface area contributed by atoms with Crippen LogP contribution in [0.4, 0.5) is 10.2 Å². The number of carboxylic acid groups (broad SMARTS) is 1. The van der Waals surface area contributed by atoms with Crippen LogP contribution in [0.25, 0.3) is 11.0 Å². The van der Waals surface area contributed by atoms with E-state index in [1.807, 2.05) is 18.2 Å². The molecule has 4 aromatic rings. The van der Waals surface area contributed by atoms with Crippen molar-refractivity contribution in [2.24, 2.45) is 0 Å². The summed E-state index contributed by atoms with van der Waals surface area (Å²) in [6.45, 7) is 3.72. The van der Waals surface area contributed by atoms with Gasteiger partial charge >= 0.3 is 5.97 Å². The fourth-order valence-electron chi connectivity index (χ4n) is 5.92. The quantitative estimate of drug-likeness (QED) is 0.320. The molecule has 0 bridgehead atoms. The molecule has 0 radical (unpaired) electrons. The summed E-state index contributed by atoms with van der Waals surface area (Å²) >= 11 is 0. The van der Waals surface area contributed by atoms with Gasteiger partial charge in [-0.25, -0.2) is 14.2 Å². The van der Waals surface area contributed by atoms with Gasteiger partial charge in [0, 0.05) is 43.4 Å². The number of nitrogens with zero attached hydrogens (tertiary/aromatic N) is 6. The fraction of sp³-hybridized carbons (Fsp3) is 0.355. The molecule has 3 fully saturated rings. The van der Waals surface area contributed by atoms with E-state index in [2.05, 4.69) is 14.4 Å². The Kier molecular flexibility index (Phi) is 6.72. The van der Waals surface area contributed by atoms with Crippen molar-refractivity contribution in [1.29, 1.82) is 5.26 Å². The topological polar surface area (TPSA) is 117 Å². The number of aromatic carboxylic acids is 1. The highest BCUT2D eigenvalue weighted by atomic mass is 19.1.